The lowest BCUT2D eigenvalue weighted by Gasteiger charge is -2.26. The van der Waals surface area contributed by atoms with Gasteiger partial charge in [-0.15, -0.1) is 0 Å². The van der Waals surface area contributed by atoms with Crippen molar-refractivity contribution in [2.75, 3.05) is 27.2 Å². The van der Waals surface area contributed by atoms with Crippen LogP contribution in [0.4, 0.5) is 0 Å². The van der Waals surface area contributed by atoms with Crippen molar-refractivity contribution in [3.63, 3.8) is 0 Å². The molecule has 0 saturated carbocycles. The highest BCUT2D eigenvalue weighted by atomic mass is 32.2. The normalized spacial score (nSPS) is 16.4. The van der Waals surface area contributed by atoms with E-state index in [0.29, 0.717) is 5.56 Å². The zero-order chi connectivity index (χ0) is 14.8. The van der Waals surface area contributed by atoms with Crippen LogP contribution in [-0.4, -0.2) is 50.7 Å². The third kappa shape index (κ3) is 3.02. The highest BCUT2D eigenvalue weighted by Crippen LogP contribution is 2.17. The molecule has 0 aromatic heterocycles. The predicted octanol–water partition coefficient (Wildman–Crippen LogP) is 1.56. The molecule has 0 radical (unpaired) electrons. The summed E-state index contributed by atoms with van der Waals surface area (Å²) < 4.78 is 25.1. The monoisotopic (exact) mass is 296 g/mol. The van der Waals surface area contributed by atoms with Gasteiger partial charge in [-0.1, -0.05) is 0 Å². The van der Waals surface area contributed by atoms with Crippen LogP contribution in [-0.2, 0) is 10.0 Å². The molecule has 1 heterocycles. The molecule has 1 saturated heterocycles. The standard InChI is InChI=1S/C14H20N2O3S/c1-15(2)20(18,19)13-8-6-12(7-9-13)14(17)16-10-4-3-5-11-16/h6-9H,3-5,10-11H2,1-2H3. The summed E-state index contributed by atoms with van der Waals surface area (Å²) in [5.74, 6) is -0.0153. The van der Waals surface area contributed by atoms with Gasteiger partial charge in [-0.05, 0) is 43.5 Å². The first kappa shape index (κ1) is 15.0. The molecule has 6 heteroatoms. The van der Waals surface area contributed by atoms with Gasteiger partial charge in [0.25, 0.3) is 5.91 Å². The summed E-state index contributed by atoms with van der Waals surface area (Å²) in [7, 11) is -0.459. The second-order valence-corrected chi connectivity index (χ2v) is 7.32. The Hall–Kier alpha value is -1.40. The molecule has 2 rings (SSSR count). The molecule has 110 valence electrons. The number of nitrogens with zero attached hydrogens (tertiary/aromatic N) is 2. The number of piperidine rings is 1. The number of hydrogen-bond acceptors (Lipinski definition) is 3. The van der Waals surface area contributed by atoms with E-state index >= 15 is 0 Å². The maximum Gasteiger partial charge on any atom is 0.253 e. The van der Waals surface area contributed by atoms with Gasteiger partial charge in [0.1, 0.15) is 0 Å². The molecule has 0 spiro atoms. The van der Waals surface area contributed by atoms with Gasteiger partial charge in [0, 0.05) is 32.7 Å². The Morgan fingerprint density at radius 2 is 1.60 bits per heavy atom. The first-order valence-corrected chi connectivity index (χ1v) is 8.19. The predicted molar refractivity (Wildman–Crippen MR) is 77.1 cm³/mol. The van der Waals surface area contributed by atoms with E-state index in [1.807, 2.05) is 4.90 Å². The third-order valence-electron chi connectivity index (χ3n) is 3.52. The molecule has 0 bridgehead atoms. The SMILES string of the molecule is CN(C)S(=O)(=O)c1ccc(C(=O)N2CCCCC2)cc1. The molecule has 1 fully saturated rings. The van der Waals surface area contributed by atoms with Crippen LogP contribution >= 0.6 is 0 Å². The summed E-state index contributed by atoms with van der Waals surface area (Å²) in [6, 6.07) is 6.17. The number of sulfonamides is 1. The van der Waals surface area contributed by atoms with Gasteiger partial charge in [0.15, 0.2) is 0 Å². The van der Waals surface area contributed by atoms with E-state index in [9.17, 15) is 13.2 Å². The number of amides is 1. The lowest BCUT2D eigenvalue weighted by molar-refractivity contribution is 0.0724. The maximum absolute atomic E-state index is 12.3. The molecule has 1 aliphatic rings. The molecule has 0 unspecified atom stereocenters. The van der Waals surface area contributed by atoms with Gasteiger partial charge >= 0.3 is 0 Å². The molecule has 0 N–H and O–H groups in total. The van der Waals surface area contributed by atoms with Crippen molar-refractivity contribution in [1.29, 1.82) is 0 Å². The number of rotatable bonds is 3. The van der Waals surface area contributed by atoms with Crippen molar-refractivity contribution in [1.82, 2.24) is 9.21 Å². The molecule has 0 atom stereocenters. The minimum absolute atomic E-state index is 0.0153. The van der Waals surface area contributed by atoms with E-state index in [1.54, 1.807) is 12.1 Å². The number of carbonyl (C=O) groups is 1. The van der Waals surface area contributed by atoms with Crippen LogP contribution in [0.3, 0.4) is 0 Å². The summed E-state index contributed by atoms with van der Waals surface area (Å²) in [5, 5.41) is 0. The van der Waals surface area contributed by atoms with Crippen LogP contribution in [0.15, 0.2) is 29.2 Å². The van der Waals surface area contributed by atoms with Crippen LogP contribution in [0.2, 0.25) is 0 Å². The quantitative estimate of drug-likeness (QED) is 0.850. The van der Waals surface area contributed by atoms with Gasteiger partial charge in [-0.3, -0.25) is 4.79 Å². The molecule has 1 aromatic carbocycles. The molecule has 20 heavy (non-hydrogen) atoms. The second kappa shape index (κ2) is 5.93. The van der Waals surface area contributed by atoms with Gasteiger partial charge in [0.05, 0.1) is 4.90 Å². The minimum Gasteiger partial charge on any atom is -0.339 e. The highest BCUT2D eigenvalue weighted by Gasteiger charge is 2.20. The average Bonchev–Trinajstić information content (AvgIpc) is 2.47. The molecule has 5 nitrogen and oxygen atoms in total. The lowest BCUT2D eigenvalue weighted by Crippen LogP contribution is -2.35. The van der Waals surface area contributed by atoms with E-state index in [-0.39, 0.29) is 10.8 Å². The number of hydrogen-bond donors (Lipinski definition) is 0. The van der Waals surface area contributed by atoms with Crippen LogP contribution in [0.25, 0.3) is 0 Å². The fraction of sp³-hybridized carbons (Fsp3) is 0.500. The molecular weight excluding hydrogens is 276 g/mol. The summed E-state index contributed by atoms with van der Waals surface area (Å²) in [6.45, 7) is 1.58. The largest absolute Gasteiger partial charge is 0.339 e. The first-order chi connectivity index (χ1) is 9.43. The van der Waals surface area contributed by atoms with Crippen molar-refractivity contribution >= 4 is 15.9 Å². The van der Waals surface area contributed by atoms with Gasteiger partial charge in [0.2, 0.25) is 10.0 Å². The summed E-state index contributed by atoms with van der Waals surface area (Å²) in [5.41, 5.74) is 0.546. The zero-order valence-electron chi connectivity index (χ0n) is 11.9. The van der Waals surface area contributed by atoms with E-state index in [1.165, 1.54) is 32.6 Å². The number of carbonyl (C=O) groups excluding carboxylic acids is 1. The third-order valence-corrected chi connectivity index (χ3v) is 5.35. The van der Waals surface area contributed by atoms with E-state index < -0.39 is 10.0 Å². The maximum atomic E-state index is 12.3. The van der Waals surface area contributed by atoms with Crippen molar-refractivity contribution in [3.05, 3.63) is 29.8 Å². The van der Waals surface area contributed by atoms with Crippen LogP contribution in [0.1, 0.15) is 29.6 Å². The fourth-order valence-electron chi connectivity index (χ4n) is 2.26. The van der Waals surface area contributed by atoms with E-state index in [4.69, 9.17) is 0 Å². The molecule has 0 aliphatic carbocycles. The van der Waals surface area contributed by atoms with Crippen molar-refractivity contribution in [2.24, 2.45) is 0 Å². The van der Waals surface area contributed by atoms with Crippen LogP contribution in [0, 0.1) is 0 Å². The summed E-state index contributed by atoms with van der Waals surface area (Å²) in [6.07, 6.45) is 3.25. The Balaban J connectivity index is 2.18. The Kier molecular flexibility index (Phi) is 4.45. The topological polar surface area (TPSA) is 57.7 Å². The Labute approximate surface area is 120 Å². The summed E-state index contributed by atoms with van der Waals surface area (Å²) in [4.78, 5) is 14.3. The number of likely N-dealkylation sites (tertiary alicyclic amines) is 1. The Bertz CT molecular complexity index is 573. The number of benzene rings is 1. The van der Waals surface area contributed by atoms with Crippen molar-refractivity contribution < 1.29 is 13.2 Å². The van der Waals surface area contributed by atoms with Gasteiger partial charge < -0.3 is 4.90 Å². The van der Waals surface area contributed by atoms with Crippen molar-refractivity contribution in [2.45, 2.75) is 24.2 Å². The van der Waals surface area contributed by atoms with Crippen molar-refractivity contribution in [3.8, 4) is 0 Å². The summed E-state index contributed by atoms with van der Waals surface area (Å²) >= 11 is 0. The van der Waals surface area contributed by atoms with Gasteiger partial charge in [-0.25, -0.2) is 12.7 Å². The van der Waals surface area contributed by atoms with E-state index in [2.05, 4.69) is 0 Å². The van der Waals surface area contributed by atoms with Crippen LogP contribution in [0.5, 0.6) is 0 Å². The fourth-order valence-corrected chi connectivity index (χ4v) is 3.16. The van der Waals surface area contributed by atoms with Gasteiger partial charge in [-0.2, -0.15) is 0 Å². The van der Waals surface area contributed by atoms with Crippen LogP contribution < -0.4 is 0 Å². The first-order valence-electron chi connectivity index (χ1n) is 6.75. The average molecular weight is 296 g/mol. The Morgan fingerprint density at radius 3 is 2.10 bits per heavy atom. The minimum atomic E-state index is -3.44. The molecule has 1 aromatic rings. The Morgan fingerprint density at radius 1 is 1.05 bits per heavy atom. The second-order valence-electron chi connectivity index (χ2n) is 5.16. The molecular formula is C14H20N2O3S. The smallest absolute Gasteiger partial charge is 0.253 e. The van der Waals surface area contributed by atoms with E-state index in [0.717, 1.165) is 30.2 Å². The molecule has 1 aliphatic heterocycles. The highest BCUT2D eigenvalue weighted by molar-refractivity contribution is 7.89. The lowest BCUT2D eigenvalue weighted by atomic mass is 10.1. The zero-order valence-corrected chi connectivity index (χ0v) is 12.7. The molecule has 1 amide bonds.